The van der Waals surface area contributed by atoms with E-state index in [0.29, 0.717) is 19.0 Å². The summed E-state index contributed by atoms with van der Waals surface area (Å²) < 4.78 is 7.17. The molecule has 0 saturated heterocycles. The van der Waals surface area contributed by atoms with E-state index < -0.39 is 5.60 Å². The Bertz CT molecular complexity index is 779. The Morgan fingerprint density at radius 1 is 1.21 bits per heavy atom. The molecule has 0 atom stereocenters. The molecule has 1 aromatic carbocycles. The van der Waals surface area contributed by atoms with E-state index in [1.54, 1.807) is 25.2 Å². The van der Waals surface area contributed by atoms with Gasteiger partial charge >= 0.3 is 6.09 Å². The van der Waals surface area contributed by atoms with Crippen LogP contribution in [0.5, 0.6) is 0 Å². The summed E-state index contributed by atoms with van der Waals surface area (Å²) in [5, 5.41) is 10.7. The molecule has 29 heavy (non-hydrogen) atoms. The van der Waals surface area contributed by atoms with Gasteiger partial charge in [0.25, 0.3) is 0 Å². The molecule has 8 nitrogen and oxygen atoms in total. The molecule has 8 heteroatoms. The maximum absolute atomic E-state index is 12.0. The van der Waals surface area contributed by atoms with Crippen LogP contribution in [0, 0.1) is 0 Å². The summed E-state index contributed by atoms with van der Waals surface area (Å²) in [5.74, 6) is 0.704. The monoisotopic (exact) mass is 400 g/mol. The number of aromatic nitrogens is 2. The number of ether oxygens (including phenoxy) is 1. The minimum atomic E-state index is -0.493. The van der Waals surface area contributed by atoms with Crippen molar-refractivity contribution in [3.05, 3.63) is 48.3 Å². The number of aliphatic imine (C=N–C) groups is 1. The highest BCUT2D eigenvalue weighted by atomic mass is 16.6. The molecule has 0 radical (unpaired) electrons. The SMILES string of the molecule is CN=C(NCCc1ccc(-n2cccn2)cc1)NCCN(C)C(=O)OC(C)(C)C. The largest absolute Gasteiger partial charge is 0.444 e. The highest BCUT2D eigenvalue weighted by Gasteiger charge is 2.19. The fourth-order valence-electron chi connectivity index (χ4n) is 2.56. The molecule has 1 amide bonds. The molecule has 1 aromatic heterocycles. The number of nitrogens with zero attached hydrogens (tertiary/aromatic N) is 4. The highest BCUT2D eigenvalue weighted by molar-refractivity contribution is 5.79. The van der Waals surface area contributed by atoms with Crippen molar-refractivity contribution < 1.29 is 9.53 Å². The minimum absolute atomic E-state index is 0.333. The highest BCUT2D eigenvalue weighted by Crippen LogP contribution is 2.09. The van der Waals surface area contributed by atoms with Gasteiger partial charge in [-0.25, -0.2) is 9.48 Å². The Morgan fingerprint density at radius 3 is 2.48 bits per heavy atom. The van der Waals surface area contributed by atoms with Crippen molar-refractivity contribution >= 4 is 12.1 Å². The third-order valence-electron chi connectivity index (χ3n) is 4.08. The van der Waals surface area contributed by atoms with Gasteiger partial charge in [-0.1, -0.05) is 12.1 Å². The van der Waals surface area contributed by atoms with Crippen LogP contribution in [0.4, 0.5) is 4.79 Å². The smallest absolute Gasteiger partial charge is 0.410 e. The van der Waals surface area contributed by atoms with Gasteiger partial charge in [0.1, 0.15) is 5.60 Å². The first kappa shape index (κ1) is 22.3. The zero-order chi connectivity index (χ0) is 21.3. The molecule has 0 unspecified atom stereocenters. The topological polar surface area (TPSA) is 83.8 Å². The van der Waals surface area contributed by atoms with Crippen LogP contribution in [-0.2, 0) is 11.2 Å². The number of benzene rings is 1. The second-order valence-corrected chi connectivity index (χ2v) is 7.69. The molecule has 0 bridgehead atoms. The molecule has 0 aliphatic heterocycles. The first-order chi connectivity index (χ1) is 13.8. The molecular weight excluding hydrogens is 368 g/mol. The molecule has 2 rings (SSSR count). The van der Waals surface area contributed by atoms with Crippen molar-refractivity contribution in [2.24, 2.45) is 4.99 Å². The van der Waals surface area contributed by atoms with Crippen LogP contribution in [0.15, 0.2) is 47.7 Å². The fourth-order valence-corrected chi connectivity index (χ4v) is 2.56. The average Bonchev–Trinajstić information content (AvgIpc) is 3.20. The van der Waals surface area contributed by atoms with Crippen LogP contribution >= 0.6 is 0 Å². The van der Waals surface area contributed by atoms with Crippen molar-refractivity contribution in [2.45, 2.75) is 32.8 Å². The molecule has 0 fully saturated rings. The zero-order valence-electron chi connectivity index (χ0n) is 18.0. The van der Waals surface area contributed by atoms with E-state index in [2.05, 4.69) is 45.0 Å². The quantitative estimate of drug-likeness (QED) is 0.551. The number of rotatable bonds is 7. The van der Waals surface area contributed by atoms with E-state index in [-0.39, 0.29) is 6.09 Å². The van der Waals surface area contributed by atoms with Crippen molar-refractivity contribution in [1.29, 1.82) is 0 Å². The molecule has 0 saturated carbocycles. The van der Waals surface area contributed by atoms with Crippen LogP contribution in [0.25, 0.3) is 5.69 Å². The van der Waals surface area contributed by atoms with Crippen LogP contribution in [0.2, 0.25) is 0 Å². The van der Waals surface area contributed by atoms with Crippen LogP contribution in [0.3, 0.4) is 0 Å². The molecule has 2 aromatic rings. The van der Waals surface area contributed by atoms with Crippen molar-refractivity contribution in [2.75, 3.05) is 33.7 Å². The summed E-state index contributed by atoms with van der Waals surface area (Å²) in [6.07, 6.45) is 4.23. The van der Waals surface area contributed by atoms with E-state index in [4.69, 9.17) is 4.74 Å². The lowest BCUT2D eigenvalue weighted by atomic mass is 10.1. The van der Waals surface area contributed by atoms with Gasteiger partial charge < -0.3 is 20.3 Å². The predicted octanol–water partition coefficient (Wildman–Crippen LogP) is 2.45. The third kappa shape index (κ3) is 7.85. The fraction of sp³-hybridized carbons (Fsp3) is 0.476. The van der Waals surface area contributed by atoms with E-state index >= 15 is 0 Å². The minimum Gasteiger partial charge on any atom is -0.444 e. The molecule has 1 heterocycles. The average molecular weight is 401 g/mol. The van der Waals surface area contributed by atoms with E-state index in [9.17, 15) is 4.79 Å². The second kappa shape index (κ2) is 10.5. The molecule has 2 N–H and O–H groups in total. The number of hydrogen-bond donors (Lipinski definition) is 2. The molecule has 0 aliphatic carbocycles. The number of carbonyl (C=O) groups is 1. The summed E-state index contributed by atoms with van der Waals surface area (Å²) >= 11 is 0. The van der Waals surface area contributed by atoms with Crippen LogP contribution in [0.1, 0.15) is 26.3 Å². The molecule has 158 valence electrons. The lowest BCUT2D eigenvalue weighted by Crippen LogP contribution is -2.43. The molecular formula is C21H32N6O2. The maximum Gasteiger partial charge on any atom is 0.410 e. The summed E-state index contributed by atoms with van der Waals surface area (Å²) in [5.41, 5.74) is 1.78. The van der Waals surface area contributed by atoms with Crippen molar-refractivity contribution in [1.82, 2.24) is 25.3 Å². The van der Waals surface area contributed by atoms with Gasteiger partial charge in [-0.2, -0.15) is 5.10 Å². The second-order valence-electron chi connectivity index (χ2n) is 7.69. The predicted molar refractivity (Wildman–Crippen MR) is 115 cm³/mol. The Hall–Kier alpha value is -3.03. The van der Waals surface area contributed by atoms with Gasteiger partial charge in [-0.05, 0) is 51.0 Å². The summed E-state index contributed by atoms with van der Waals surface area (Å²) in [6, 6.07) is 10.2. The Balaban J connectivity index is 1.69. The molecule has 0 aliphatic rings. The first-order valence-electron chi connectivity index (χ1n) is 9.76. The van der Waals surface area contributed by atoms with Crippen molar-refractivity contribution in [3.8, 4) is 5.69 Å². The summed E-state index contributed by atoms with van der Waals surface area (Å²) in [7, 11) is 3.45. The normalized spacial score (nSPS) is 11.8. The third-order valence-corrected chi connectivity index (χ3v) is 4.08. The number of hydrogen-bond acceptors (Lipinski definition) is 4. The van der Waals surface area contributed by atoms with Gasteiger partial charge in [0, 0.05) is 46.1 Å². The van der Waals surface area contributed by atoms with Gasteiger partial charge in [0.2, 0.25) is 0 Å². The number of carbonyl (C=O) groups excluding carboxylic acids is 1. The lowest BCUT2D eigenvalue weighted by molar-refractivity contribution is 0.0302. The Labute approximate surface area is 173 Å². The van der Waals surface area contributed by atoms with Crippen LogP contribution in [-0.4, -0.2) is 66.1 Å². The zero-order valence-corrected chi connectivity index (χ0v) is 18.0. The standard InChI is InChI=1S/C21H32N6O2/c1-21(2,3)29-20(28)26(5)16-14-24-19(22-4)23-13-11-17-7-9-18(10-8-17)27-15-6-12-25-27/h6-10,12,15H,11,13-14,16H2,1-5H3,(H2,22,23,24). The summed E-state index contributed by atoms with van der Waals surface area (Å²) in [4.78, 5) is 17.7. The van der Waals surface area contributed by atoms with E-state index in [1.807, 2.05) is 37.7 Å². The summed E-state index contributed by atoms with van der Waals surface area (Å²) in [6.45, 7) is 7.41. The van der Waals surface area contributed by atoms with Crippen molar-refractivity contribution in [3.63, 3.8) is 0 Å². The Morgan fingerprint density at radius 2 is 1.90 bits per heavy atom. The number of guanidine groups is 1. The first-order valence-corrected chi connectivity index (χ1v) is 9.76. The number of likely N-dealkylation sites (N-methyl/N-ethyl adjacent to an activating group) is 1. The lowest BCUT2D eigenvalue weighted by Gasteiger charge is -2.24. The van der Waals surface area contributed by atoms with Gasteiger partial charge in [-0.15, -0.1) is 0 Å². The van der Waals surface area contributed by atoms with Gasteiger partial charge in [0.05, 0.1) is 5.69 Å². The molecule has 0 spiro atoms. The van der Waals surface area contributed by atoms with E-state index in [1.165, 1.54) is 5.56 Å². The number of nitrogens with one attached hydrogen (secondary N) is 2. The Kier molecular flexibility index (Phi) is 8.06. The van der Waals surface area contributed by atoms with Crippen LogP contribution < -0.4 is 10.6 Å². The van der Waals surface area contributed by atoms with E-state index in [0.717, 1.165) is 18.7 Å². The van der Waals surface area contributed by atoms with Gasteiger partial charge in [0.15, 0.2) is 5.96 Å². The van der Waals surface area contributed by atoms with Gasteiger partial charge in [-0.3, -0.25) is 4.99 Å². The maximum atomic E-state index is 12.0. The number of amides is 1.